The summed E-state index contributed by atoms with van der Waals surface area (Å²) in [6.07, 6.45) is 1.67. The molecule has 0 saturated heterocycles. The number of nitrogens with zero attached hydrogens (tertiary/aromatic N) is 1. The predicted octanol–water partition coefficient (Wildman–Crippen LogP) is 1.94. The van der Waals surface area contributed by atoms with Gasteiger partial charge in [0.1, 0.15) is 11.3 Å². The van der Waals surface area contributed by atoms with Crippen LogP contribution in [0.1, 0.15) is 0 Å². The molecule has 1 aromatic carbocycles. The van der Waals surface area contributed by atoms with Crippen molar-refractivity contribution in [1.82, 2.24) is 4.98 Å². The Kier molecular flexibility index (Phi) is 2.70. The van der Waals surface area contributed by atoms with Crippen molar-refractivity contribution in [2.45, 2.75) is 0 Å². The summed E-state index contributed by atoms with van der Waals surface area (Å²) in [6.45, 7) is 0. The zero-order valence-electron chi connectivity index (χ0n) is 6.27. The number of hydrogen-bond donors (Lipinski definition) is 1. The SMILES string of the molecule is Oc1cccc2cccnc12.[Cr]. The summed E-state index contributed by atoms with van der Waals surface area (Å²) < 4.78 is 0. The topological polar surface area (TPSA) is 33.1 Å². The number of hydrogen-bond acceptors (Lipinski definition) is 2. The Balaban J connectivity index is 0.000000720. The monoisotopic (exact) mass is 197 g/mol. The smallest absolute Gasteiger partial charge is 0.141 e. The van der Waals surface area contributed by atoms with Gasteiger partial charge in [-0.2, -0.15) is 0 Å². The third kappa shape index (κ3) is 1.43. The summed E-state index contributed by atoms with van der Waals surface area (Å²) in [6, 6.07) is 9.13. The van der Waals surface area contributed by atoms with Gasteiger partial charge in [-0.05, 0) is 12.1 Å². The number of pyridine rings is 1. The van der Waals surface area contributed by atoms with Gasteiger partial charge >= 0.3 is 0 Å². The van der Waals surface area contributed by atoms with Gasteiger partial charge in [-0.1, -0.05) is 18.2 Å². The Morgan fingerprint density at radius 3 is 2.58 bits per heavy atom. The van der Waals surface area contributed by atoms with Crippen molar-refractivity contribution in [1.29, 1.82) is 0 Å². The fourth-order valence-electron chi connectivity index (χ4n) is 1.09. The minimum Gasteiger partial charge on any atom is -0.506 e. The van der Waals surface area contributed by atoms with Gasteiger partial charge in [0.05, 0.1) is 0 Å². The van der Waals surface area contributed by atoms with E-state index in [4.69, 9.17) is 0 Å². The second-order valence-electron chi connectivity index (χ2n) is 2.35. The molecular formula is C9H7CrNO. The average molecular weight is 197 g/mol. The van der Waals surface area contributed by atoms with Crippen molar-refractivity contribution < 1.29 is 22.5 Å². The largest absolute Gasteiger partial charge is 0.506 e. The minimum atomic E-state index is 0. The van der Waals surface area contributed by atoms with E-state index >= 15 is 0 Å². The van der Waals surface area contributed by atoms with E-state index in [0.29, 0.717) is 5.52 Å². The Bertz CT molecular complexity index is 384. The molecule has 0 saturated carbocycles. The van der Waals surface area contributed by atoms with Crippen molar-refractivity contribution in [2.75, 3.05) is 0 Å². The maximum atomic E-state index is 9.31. The molecular weight excluding hydrogens is 190 g/mol. The van der Waals surface area contributed by atoms with Crippen molar-refractivity contribution in [3.8, 4) is 5.75 Å². The first kappa shape index (κ1) is 9.05. The van der Waals surface area contributed by atoms with E-state index in [0.717, 1.165) is 5.39 Å². The van der Waals surface area contributed by atoms with Gasteiger partial charge in [0.25, 0.3) is 0 Å². The van der Waals surface area contributed by atoms with Gasteiger partial charge in [-0.15, -0.1) is 0 Å². The third-order valence-electron chi connectivity index (χ3n) is 1.61. The van der Waals surface area contributed by atoms with E-state index in [-0.39, 0.29) is 23.1 Å². The molecule has 1 N–H and O–H groups in total. The van der Waals surface area contributed by atoms with E-state index in [9.17, 15) is 5.11 Å². The average Bonchev–Trinajstić information content (AvgIpc) is 2.06. The molecule has 0 radical (unpaired) electrons. The summed E-state index contributed by atoms with van der Waals surface area (Å²) in [5.74, 6) is 0.239. The van der Waals surface area contributed by atoms with Gasteiger partial charge in [-0.25, -0.2) is 0 Å². The predicted molar refractivity (Wildman–Crippen MR) is 43.4 cm³/mol. The Labute approximate surface area is 81.0 Å². The molecule has 0 fully saturated rings. The Hall–Kier alpha value is -1.04. The summed E-state index contributed by atoms with van der Waals surface area (Å²) in [5, 5.41) is 10.3. The number of fused-ring (bicyclic) bond motifs is 1. The maximum absolute atomic E-state index is 9.31. The zero-order valence-corrected chi connectivity index (χ0v) is 7.54. The zero-order chi connectivity index (χ0) is 7.68. The van der Waals surface area contributed by atoms with Crippen LogP contribution in [0.5, 0.6) is 5.75 Å². The van der Waals surface area contributed by atoms with Crippen molar-refractivity contribution in [3.05, 3.63) is 36.5 Å². The molecule has 0 aliphatic rings. The normalized spacial score (nSPS) is 9.33. The molecule has 0 bridgehead atoms. The molecule has 0 aliphatic heterocycles. The molecule has 2 rings (SSSR count). The number of para-hydroxylation sites is 1. The van der Waals surface area contributed by atoms with Crippen molar-refractivity contribution in [3.63, 3.8) is 0 Å². The number of aromatic hydroxyl groups is 1. The van der Waals surface area contributed by atoms with Crippen LogP contribution in [0.4, 0.5) is 0 Å². The second-order valence-corrected chi connectivity index (χ2v) is 2.35. The molecule has 0 unspecified atom stereocenters. The first-order chi connectivity index (χ1) is 5.38. The van der Waals surface area contributed by atoms with E-state index in [1.165, 1.54) is 0 Å². The molecule has 1 aromatic heterocycles. The first-order valence-electron chi connectivity index (χ1n) is 3.40. The number of benzene rings is 1. The van der Waals surface area contributed by atoms with E-state index in [1.807, 2.05) is 18.2 Å². The fourth-order valence-corrected chi connectivity index (χ4v) is 1.09. The standard InChI is InChI=1S/C9H7NO.Cr/c11-8-5-1-3-7-4-2-6-10-9(7)8;/h1-6,11H;. The summed E-state index contributed by atoms with van der Waals surface area (Å²) in [7, 11) is 0. The summed E-state index contributed by atoms with van der Waals surface area (Å²) in [4.78, 5) is 4.03. The van der Waals surface area contributed by atoms with E-state index in [1.54, 1.807) is 18.3 Å². The molecule has 0 spiro atoms. The van der Waals surface area contributed by atoms with Crippen LogP contribution in [-0.4, -0.2) is 10.1 Å². The van der Waals surface area contributed by atoms with Gasteiger partial charge in [0.2, 0.25) is 0 Å². The van der Waals surface area contributed by atoms with Gasteiger partial charge in [-0.3, -0.25) is 4.98 Å². The number of phenolic OH excluding ortho intramolecular Hbond substituents is 1. The van der Waals surface area contributed by atoms with Crippen molar-refractivity contribution >= 4 is 10.9 Å². The molecule has 0 atom stereocenters. The molecule has 60 valence electrons. The number of phenols is 1. The third-order valence-corrected chi connectivity index (χ3v) is 1.61. The fraction of sp³-hybridized carbons (Fsp3) is 0. The molecule has 0 amide bonds. The molecule has 3 heteroatoms. The quantitative estimate of drug-likeness (QED) is 0.700. The summed E-state index contributed by atoms with van der Waals surface area (Å²) in [5.41, 5.74) is 0.662. The van der Waals surface area contributed by atoms with Crippen molar-refractivity contribution in [2.24, 2.45) is 0 Å². The van der Waals surface area contributed by atoms with Gasteiger partial charge < -0.3 is 5.11 Å². The van der Waals surface area contributed by atoms with Crippen LogP contribution in [0.2, 0.25) is 0 Å². The summed E-state index contributed by atoms with van der Waals surface area (Å²) >= 11 is 0. The van der Waals surface area contributed by atoms with Crippen LogP contribution in [0.25, 0.3) is 10.9 Å². The van der Waals surface area contributed by atoms with E-state index < -0.39 is 0 Å². The molecule has 2 nitrogen and oxygen atoms in total. The molecule has 0 aliphatic carbocycles. The van der Waals surface area contributed by atoms with Crippen LogP contribution in [0, 0.1) is 0 Å². The van der Waals surface area contributed by atoms with Crippen LogP contribution in [-0.2, 0) is 17.4 Å². The number of rotatable bonds is 0. The van der Waals surface area contributed by atoms with Crippen LogP contribution in [0.3, 0.4) is 0 Å². The minimum absolute atomic E-state index is 0. The van der Waals surface area contributed by atoms with Crippen LogP contribution >= 0.6 is 0 Å². The van der Waals surface area contributed by atoms with Gasteiger partial charge in [0, 0.05) is 28.9 Å². The first-order valence-corrected chi connectivity index (χ1v) is 3.40. The van der Waals surface area contributed by atoms with Crippen LogP contribution < -0.4 is 0 Å². The molecule has 12 heavy (non-hydrogen) atoms. The Morgan fingerprint density at radius 1 is 1.08 bits per heavy atom. The van der Waals surface area contributed by atoms with E-state index in [2.05, 4.69) is 4.98 Å². The maximum Gasteiger partial charge on any atom is 0.141 e. The molecule has 1 heterocycles. The number of aromatic nitrogens is 1. The Morgan fingerprint density at radius 2 is 1.83 bits per heavy atom. The molecule has 2 aromatic rings. The van der Waals surface area contributed by atoms with Gasteiger partial charge in [0.15, 0.2) is 0 Å². The second kappa shape index (κ2) is 3.57. The van der Waals surface area contributed by atoms with Crippen LogP contribution in [0.15, 0.2) is 36.5 Å².